The molecule has 1 fully saturated rings. The fraction of sp³-hybridized carbons (Fsp3) is 0.615. The van der Waals surface area contributed by atoms with Gasteiger partial charge in [0.05, 0.1) is 0 Å². The number of ether oxygens (including phenoxy) is 1. The monoisotopic (exact) mass is 220 g/mol. The van der Waals surface area contributed by atoms with E-state index in [4.69, 9.17) is 10.5 Å². The van der Waals surface area contributed by atoms with Gasteiger partial charge < -0.3 is 10.5 Å². The molecule has 1 saturated heterocycles. The van der Waals surface area contributed by atoms with Crippen LogP contribution in [0.4, 0.5) is 0 Å². The van der Waals surface area contributed by atoms with Gasteiger partial charge >= 0.3 is 0 Å². The van der Waals surface area contributed by atoms with Crippen LogP contribution in [0.5, 0.6) is 0 Å². The lowest BCUT2D eigenvalue weighted by atomic mass is 9.86. The van der Waals surface area contributed by atoms with Gasteiger partial charge in [-0.15, -0.1) is 0 Å². The van der Waals surface area contributed by atoms with E-state index < -0.39 is 0 Å². The maximum atomic E-state index is 6.36. The lowest BCUT2D eigenvalue weighted by Gasteiger charge is -2.28. The zero-order valence-corrected chi connectivity index (χ0v) is 9.86. The Hall–Kier alpha value is -0.930. The van der Waals surface area contributed by atoms with Crippen LogP contribution in [0.15, 0.2) is 18.5 Å². The van der Waals surface area contributed by atoms with Crippen molar-refractivity contribution in [2.45, 2.75) is 32.2 Å². The van der Waals surface area contributed by atoms with Gasteiger partial charge in [-0.3, -0.25) is 4.98 Å². The Morgan fingerprint density at radius 3 is 2.94 bits per heavy atom. The van der Waals surface area contributed by atoms with Crippen molar-refractivity contribution < 1.29 is 4.74 Å². The van der Waals surface area contributed by atoms with Gasteiger partial charge in [0.2, 0.25) is 0 Å². The molecule has 0 bridgehead atoms. The fourth-order valence-corrected chi connectivity index (χ4v) is 2.39. The first-order chi connectivity index (χ1) is 7.83. The van der Waals surface area contributed by atoms with Crippen LogP contribution < -0.4 is 5.73 Å². The third-order valence-electron chi connectivity index (χ3n) is 3.46. The molecule has 0 aliphatic carbocycles. The zero-order chi connectivity index (χ0) is 11.4. The Balaban J connectivity index is 2.15. The van der Waals surface area contributed by atoms with E-state index in [9.17, 15) is 0 Å². The molecule has 0 saturated carbocycles. The summed E-state index contributed by atoms with van der Waals surface area (Å²) < 4.78 is 5.37. The van der Waals surface area contributed by atoms with Crippen LogP contribution in [0.3, 0.4) is 0 Å². The van der Waals surface area contributed by atoms with Gasteiger partial charge in [0.15, 0.2) is 0 Å². The number of nitrogens with two attached hydrogens (primary N) is 1. The van der Waals surface area contributed by atoms with E-state index in [0.29, 0.717) is 5.92 Å². The first kappa shape index (κ1) is 11.6. The molecular formula is C13H20N2O. The number of aromatic nitrogens is 1. The molecule has 1 aromatic heterocycles. The van der Waals surface area contributed by atoms with E-state index in [1.54, 1.807) is 0 Å². The first-order valence-corrected chi connectivity index (χ1v) is 6.09. The fourth-order valence-electron chi connectivity index (χ4n) is 2.39. The molecule has 1 aliphatic heterocycles. The Morgan fingerprint density at radius 2 is 2.25 bits per heavy atom. The molecule has 2 N–H and O–H groups in total. The summed E-state index contributed by atoms with van der Waals surface area (Å²) in [5.41, 5.74) is 8.91. The van der Waals surface area contributed by atoms with Crippen molar-refractivity contribution in [2.24, 2.45) is 11.7 Å². The third-order valence-corrected chi connectivity index (χ3v) is 3.46. The average molecular weight is 220 g/mol. The molecule has 2 rings (SSSR count). The summed E-state index contributed by atoms with van der Waals surface area (Å²) in [7, 11) is 0. The summed E-state index contributed by atoms with van der Waals surface area (Å²) in [6, 6.07) is 2.21. The molecule has 1 aromatic rings. The first-order valence-electron chi connectivity index (χ1n) is 6.09. The molecule has 0 aromatic carbocycles. The maximum absolute atomic E-state index is 6.36. The standard InChI is InChI=1S/C13H20N2O/c1-2-10-9-15-6-3-12(10)13(14)11-4-7-16-8-5-11/h3,6,9,11,13H,2,4-5,7-8,14H2,1H3. The molecule has 0 radical (unpaired) electrons. The number of hydrogen-bond donors (Lipinski definition) is 1. The molecule has 16 heavy (non-hydrogen) atoms. The highest BCUT2D eigenvalue weighted by atomic mass is 16.5. The Bertz CT molecular complexity index is 334. The Morgan fingerprint density at radius 1 is 1.50 bits per heavy atom. The van der Waals surface area contributed by atoms with E-state index in [0.717, 1.165) is 32.5 Å². The predicted molar refractivity (Wildman–Crippen MR) is 64.1 cm³/mol. The van der Waals surface area contributed by atoms with Crippen molar-refractivity contribution in [1.29, 1.82) is 0 Å². The van der Waals surface area contributed by atoms with Gasteiger partial charge in [0.25, 0.3) is 0 Å². The second-order valence-corrected chi connectivity index (χ2v) is 4.40. The smallest absolute Gasteiger partial charge is 0.0469 e. The molecule has 88 valence electrons. The minimum Gasteiger partial charge on any atom is -0.381 e. The highest BCUT2D eigenvalue weighted by Gasteiger charge is 2.23. The Labute approximate surface area is 97.0 Å². The van der Waals surface area contributed by atoms with Crippen LogP contribution in [-0.4, -0.2) is 18.2 Å². The van der Waals surface area contributed by atoms with Crippen LogP contribution in [0.2, 0.25) is 0 Å². The molecule has 2 heterocycles. The molecular weight excluding hydrogens is 200 g/mol. The lowest BCUT2D eigenvalue weighted by Crippen LogP contribution is -2.28. The van der Waals surface area contributed by atoms with Crippen molar-refractivity contribution in [1.82, 2.24) is 4.98 Å². The topological polar surface area (TPSA) is 48.1 Å². The molecule has 3 nitrogen and oxygen atoms in total. The summed E-state index contributed by atoms with van der Waals surface area (Å²) in [6.07, 6.45) is 6.93. The number of rotatable bonds is 3. The lowest BCUT2D eigenvalue weighted by molar-refractivity contribution is 0.0583. The van der Waals surface area contributed by atoms with Crippen LogP contribution in [0.1, 0.15) is 36.9 Å². The normalized spacial score (nSPS) is 19.6. The van der Waals surface area contributed by atoms with Crippen molar-refractivity contribution in [2.75, 3.05) is 13.2 Å². The minimum absolute atomic E-state index is 0.141. The second kappa shape index (κ2) is 5.41. The van der Waals surface area contributed by atoms with E-state index >= 15 is 0 Å². The van der Waals surface area contributed by atoms with Crippen LogP contribution in [0, 0.1) is 5.92 Å². The van der Waals surface area contributed by atoms with Gasteiger partial charge in [0.1, 0.15) is 0 Å². The van der Waals surface area contributed by atoms with E-state index in [-0.39, 0.29) is 6.04 Å². The van der Waals surface area contributed by atoms with Crippen molar-refractivity contribution in [3.8, 4) is 0 Å². The predicted octanol–water partition coefficient (Wildman–Crippen LogP) is 2.07. The molecule has 1 unspecified atom stereocenters. The van der Waals surface area contributed by atoms with Crippen molar-refractivity contribution in [3.05, 3.63) is 29.6 Å². The van der Waals surface area contributed by atoms with Gasteiger partial charge in [-0.1, -0.05) is 6.92 Å². The van der Waals surface area contributed by atoms with Crippen LogP contribution in [0.25, 0.3) is 0 Å². The van der Waals surface area contributed by atoms with Gasteiger partial charge in [0, 0.05) is 31.6 Å². The highest BCUT2D eigenvalue weighted by Crippen LogP contribution is 2.29. The zero-order valence-electron chi connectivity index (χ0n) is 9.86. The minimum atomic E-state index is 0.141. The number of aryl methyl sites for hydroxylation is 1. The number of nitrogens with zero attached hydrogens (tertiary/aromatic N) is 1. The van der Waals surface area contributed by atoms with Gasteiger partial charge in [-0.25, -0.2) is 0 Å². The van der Waals surface area contributed by atoms with Crippen molar-refractivity contribution in [3.63, 3.8) is 0 Å². The molecule has 1 aliphatic rings. The van der Waals surface area contributed by atoms with Gasteiger partial charge in [-0.05, 0) is 42.4 Å². The molecule has 0 spiro atoms. The number of pyridine rings is 1. The quantitative estimate of drug-likeness (QED) is 0.848. The maximum Gasteiger partial charge on any atom is 0.0469 e. The van der Waals surface area contributed by atoms with Crippen LogP contribution in [-0.2, 0) is 11.2 Å². The molecule has 3 heteroatoms. The van der Waals surface area contributed by atoms with E-state index in [1.165, 1.54) is 11.1 Å². The molecule has 1 atom stereocenters. The Kier molecular flexibility index (Phi) is 3.91. The van der Waals surface area contributed by atoms with E-state index in [2.05, 4.69) is 18.0 Å². The summed E-state index contributed by atoms with van der Waals surface area (Å²) in [4.78, 5) is 4.16. The van der Waals surface area contributed by atoms with Crippen molar-refractivity contribution >= 4 is 0 Å². The summed E-state index contributed by atoms with van der Waals surface area (Å²) in [5, 5.41) is 0. The second-order valence-electron chi connectivity index (χ2n) is 4.40. The highest BCUT2D eigenvalue weighted by molar-refractivity contribution is 5.27. The molecule has 0 amide bonds. The number of hydrogen-bond acceptors (Lipinski definition) is 3. The summed E-state index contributed by atoms with van der Waals surface area (Å²) >= 11 is 0. The van der Waals surface area contributed by atoms with Gasteiger partial charge in [-0.2, -0.15) is 0 Å². The summed E-state index contributed by atoms with van der Waals surface area (Å²) in [6.45, 7) is 3.85. The third kappa shape index (κ3) is 2.42. The van der Waals surface area contributed by atoms with E-state index in [1.807, 2.05) is 12.4 Å². The SMILES string of the molecule is CCc1cnccc1C(N)C1CCOCC1. The average Bonchev–Trinajstić information content (AvgIpc) is 2.39. The largest absolute Gasteiger partial charge is 0.381 e. The van der Waals surface area contributed by atoms with Crippen LogP contribution >= 0.6 is 0 Å². The summed E-state index contributed by atoms with van der Waals surface area (Å²) in [5.74, 6) is 0.557.